The molecule has 2 fully saturated rings. The summed E-state index contributed by atoms with van der Waals surface area (Å²) in [5, 5.41) is 10.5. The maximum atomic E-state index is 15.4. The molecule has 1 saturated carbocycles. The summed E-state index contributed by atoms with van der Waals surface area (Å²) in [6.07, 6.45) is 0.371. The number of phenolic OH excluding ortho intramolecular Hbond substituents is 1. The number of ether oxygens (including phenoxy) is 3. The Morgan fingerprint density at radius 1 is 0.869 bits per heavy atom. The summed E-state index contributed by atoms with van der Waals surface area (Å²) >= 11 is 14.3. The van der Waals surface area contributed by atoms with E-state index in [-0.39, 0.29) is 59.3 Å². The van der Waals surface area contributed by atoms with Crippen molar-refractivity contribution < 1.29 is 50.9 Å². The summed E-state index contributed by atoms with van der Waals surface area (Å²) < 4.78 is 94.4. The number of allylic oxidation sites excluding steroid dienone is 2. The molecule has 0 spiro atoms. The number of hydrogen-bond acceptors (Lipinski definition) is 10. The van der Waals surface area contributed by atoms with Crippen LogP contribution in [0.3, 0.4) is 0 Å². The van der Waals surface area contributed by atoms with Crippen LogP contribution in [0.5, 0.6) is 23.0 Å². The molecule has 5 aromatic rings. The maximum Gasteiger partial charge on any atom is 0.347 e. The topological polar surface area (TPSA) is 169 Å². The minimum atomic E-state index is -2.81. The number of aromatic hydroxyl groups is 1. The maximum absolute atomic E-state index is 15.4. The number of carbonyl (C=O) groups is 2. The molecule has 1 N–H and O–H groups in total. The second kappa shape index (κ2) is 14.5. The van der Waals surface area contributed by atoms with Crippen molar-refractivity contribution in [1.29, 1.82) is 0 Å². The second-order valence-electron chi connectivity index (χ2n) is 14.4. The van der Waals surface area contributed by atoms with Gasteiger partial charge in [-0.05, 0) is 30.2 Å². The first-order valence-electron chi connectivity index (χ1n) is 18.3. The molecule has 2 aromatic heterocycles. The number of anilines is 1. The Balaban J connectivity index is 1.26. The quantitative estimate of drug-likeness (QED) is 0.0562. The number of carbonyl (C=O) groups excluding carboxylic acids is 2. The van der Waals surface area contributed by atoms with Gasteiger partial charge in [0.15, 0.2) is 56.0 Å². The first-order valence-corrected chi connectivity index (χ1v) is 19.1. The summed E-state index contributed by atoms with van der Waals surface area (Å²) in [5.41, 5.74) is -3.49. The minimum Gasteiger partial charge on any atom is -0.504 e. The van der Waals surface area contributed by atoms with Crippen LogP contribution in [0.1, 0.15) is 36.6 Å². The van der Waals surface area contributed by atoms with Crippen LogP contribution < -0.4 is 36.0 Å². The van der Waals surface area contributed by atoms with Crippen LogP contribution in [0.15, 0.2) is 56.4 Å². The molecule has 4 unspecified atom stereocenters. The molecule has 61 heavy (non-hydrogen) atoms. The van der Waals surface area contributed by atoms with Gasteiger partial charge in [0.1, 0.15) is 11.4 Å². The van der Waals surface area contributed by atoms with Crippen molar-refractivity contribution in [2.24, 2.45) is 7.05 Å². The first kappa shape index (κ1) is 41.6. The predicted molar refractivity (Wildman–Crippen MR) is 206 cm³/mol. The highest BCUT2D eigenvalue weighted by molar-refractivity contribution is 6.58. The number of aryl methyl sites for hydroxylation is 2. The summed E-state index contributed by atoms with van der Waals surface area (Å²) in [4.78, 5) is 69.4. The molecule has 1 saturated heterocycles. The molecule has 4 atom stereocenters. The van der Waals surface area contributed by atoms with Gasteiger partial charge in [-0.25, -0.2) is 55.4 Å². The number of methoxy groups -OCH3 is 2. The molecule has 4 heterocycles. The number of fused-ring (bicyclic) bond motifs is 5. The third-order valence-corrected chi connectivity index (χ3v) is 12.8. The van der Waals surface area contributed by atoms with Gasteiger partial charge in [0, 0.05) is 44.5 Å². The number of hydrogen-bond donors (Lipinski definition) is 1. The van der Waals surface area contributed by atoms with Gasteiger partial charge in [0.2, 0.25) is 5.82 Å². The predicted octanol–water partition coefficient (Wildman–Crippen LogP) is 4.32. The molecule has 0 radical (unpaired) electrons. The van der Waals surface area contributed by atoms with Gasteiger partial charge in [0.05, 0.1) is 44.4 Å². The van der Waals surface area contributed by atoms with Gasteiger partial charge in [-0.2, -0.15) is 0 Å². The SMILES string of the molecule is CCOc1cc(C2C3=CCn4c(=O)n(CCc5nc6cc(OC)c(OC)cc6n(C)c5=O)c(=O)n4C3CC3(Cl)C(=O)N(c4c(F)c(F)c(F)c(F)c4F)C(=O)C23Cl)ccc1O. The van der Waals surface area contributed by atoms with E-state index in [4.69, 9.17) is 37.4 Å². The summed E-state index contributed by atoms with van der Waals surface area (Å²) in [6, 6.07) is 5.36. The first-order chi connectivity index (χ1) is 28.9. The van der Waals surface area contributed by atoms with Gasteiger partial charge in [-0.1, -0.05) is 12.1 Å². The molecule has 15 nitrogen and oxygen atoms in total. The molecule has 3 aromatic carbocycles. The Hall–Kier alpha value is -6.15. The lowest BCUT2D eigenvalue weighted by molar-refractivity contribution is -0.122. The molecule has 3 aliphatic rings. The van der Waals surface area contributed by atoms with E-state index < -0.39 is 91.7 Å². The van der Waals surface area contributed by atoms with Crippen LogP contribution in [0.2, 0.25) is 0 Å². The number of alkyl halides is 2. The van der Waals surface area contributed by atoms with Gasteiger partial charge >= 0.3 is 11.4 Å². The van der Waals surface area contributed by atoms with E-state index in [1.54, 1.807) is 19.1 Å². The van der Waals surface area contributed by atoms with Crippen LogP contribution in [0.25, 0.3) is 11.0 Å². The molecule has 2 aliphatic heterocycles. The highest BCUT2D eigenvalue weighted by Gasteiger charge is 2.76. The summed E-state index contributed by atoms with van der Waals surface area (Å²) in [7, 11) is 4.34. The van der Waals surface area contributed by atoms with E-state index in [1.807, 2.05) is 0 Å². The van der Waals surface area contributed by atoms with Crippen molar-refractivity contribution in [1.82, 2.24) is 23.5 Å². The lowest BCUT2D eigenvalue weighted by atomic mass is 9.64. The van der Waals surface area contributed by atoms with Crippen molar-refractivity contribution in [3.63, 3.8) is 0 Å². The highest BCUT2D eigenvalue weighted by Crippen LogP contribution is 2.64. The fraction of sp³-hybridized carbons (Fsp3) is 0.333. The molecular weight excluding hydrogens is 862 g/mol. The molecule has 8 rings (SSSR count). The highest BCUT2D eigenvalue weighted by atomic mass is 35.5. The zero-order valence-electron chi connectivity index (χ0n) is 32.2. The number of halogens is 7. The van der Waals surface area contributed by atoms with Crippen molar-refractivity contribution in [3.8, 4) is 23.0 Å². The van der Waals surface area contributed by atoms with Crippen molar-refractivity contribution in [2.45, 2.75) is 54.6 Å². The Morgan fingerprint density at radius 2 is 1.51 bits per heavy atom. The standard InChI is InChI=1S/C39H31Cl2F5N6O9/c1-5-61-23-12-16(6-7-22(23)53)26-17-8-11-50-36(57)49(10-9-18-33(54)48(2)20-14-25(60-4)24(59-3)13-19(20)47-18)37(58)52(50)21(17)15-38(40)34(55)51(35(56)39(26,38)41)32-30(45)28(43)27(42)29(44)31(32)46/h6-8,12-14,21,26,53H,5,9-11,15H2,1-4H3. The number of imide groups is 1. The van der Waals surface area contributed by atoms with E-state index in [0.29, 0.717) is 22.5 Å². The lowest BCUT2D eigenvalue weighted by Gasteiger charge is -2.49. The zero-order valence-corrected chi connectivity index (χ0v) is 33.7. The normalized spacial score (nSPS) is 22.0. The third kappa shape index (κ3) is 5.67. The van der Waals surface area contributed by atoms with E-state index in [1.165, 1.54) is 44.0 Å². The summed E-state index contributed by atoms with van der Waals surface area (Å²) in [5.74, 6) is -17.4. The number of aromatic nitrogens is 5. The van der Waals surface area contributed by atoms with E-state index in [0.717, 1.165) is 20.0 Å². The number of nitrogens with zero attached hydrogens (tertiary/aromatic N) is 6. The number of amides is 2. The fourth-order valence-corrected chi connectivity index (χ4v) is 9.43. The molecule has 1 aliphatic carbocycles. The molecule has 0 bridgehead atoms. The second-order valence-corrected chi connectivity index (χ2v) is 15.6. The average molecular weight is 894 g/mol. The van der Waals surface area contributed by atoms with E-state index in [9.17, 15) is 42.3 Å². The van der Waals surface area contributed by atoms with Crippen LogP contribution >= 0.6 is 23.2 Å². The van der Waals surface area contributed by atoms with Crippen LogP contribution in [0.4, 0.5) is 27.6 Å². The van der Waals surface area contributed by atoms with E-state index >= 15 is 8.78 Å². The van der Waals surface area contributed by atoms with Crippen LogP contribution in [0, 0.1) is 29.1 Å². The minimum absolute atomic E-state index is 0.00777. The summed E-state index contributed by atoms with van der Waals surface area (Å²) in [6.45, 7) is 0.898. The van der Waals surface area contributed by atoms with E-state index in [2.05, 4.69) is 4.98 Å². The molecule has 320 valence electrons. The molecular formula is C39H31Cl2F5N6O9. The van der Waals surface area contributed by atoms with Gasteiger partial charge in [-0.3, -0.25) is 14.4 Å². The Bertz CT molecular complexity index is 2960. The molecule has 2 amide bonds. The van der Waals surface area contributed by atoms with Gasteiger partial charge in [-0.15, -0.1) is 23.2 Å². The number of benzene rings is 3. The van der Waals surface area contributed by atoms with Gasteiger partial charge in [0.25, 0.3) is 17.4 Å². The smallest absolute Gasteiger partial charge is 0.347 e. The molecule has 22 heteroatoms. The third-order valence-electron chi connectivity index (χ3n) is 11.4. The lowest BCUT2D eigenvalue weighted by Crippen LogP contribution is -2.59. The monoisotopic (exact) mass is 892 g/mol. The van der Waals surface area contributed by atoms with Crippen LogP contribution in [-0.2, 0) is 36.1 Å². The number of rotatable bonds is 9. The largest absolute Gasteiger partial charge is 0.504 e. The fourth-order valence-electron chi connectivity index (χ4n) is 8.51. The average Bonchev–Trinajstić information content (AvgIpc) is 3.57. The number of phenols is 1. The Morgan fingerprint density at radius 3 is 2.15 bits per heavy atom. The van der Waals surface area contributed by atoms with Crippen LogP contribution in [-0.4, -0.2) is 71.0 Å². The Labute approximate surface area is 349 Å². The van der Waals surface area contributed by atoms with Crippen molar-refractivity contribution in [2.75, 3.05) is 25.7 Å². The van der Waals surface area contributed by atoms with Crippen molar-refractivity contribution in [3.05, 3.63) is 114 Å². The Kier molecular flexibility index (Phi) is 9.88. The van der Waals surface area contributed by atoms with Crippen molar-refractivity contribution >= 4 is 51.7 Å². The van der Waals surface area contributed by atoms with Gasteiger partial charge < -0.3 is 23.9 Å². The zero-order chi connectivity index (χ0) is 44.2.